The molecular weight excluding hydrogens is 237 g/mol. The third kappa shape index (κ3) is 2.06. The number of hydrogen-bond donors (Lipinski definition) is 0. The Labute approximate surface area is 84.9 Å². The Kier molecular flexibility index (Phi) is 3.14. The number of rotatable bonds is 2. The standard InChI is InChI=1S/C6H3ClFNO4S/c7-3-1-4(8)5(9(10)11)2-6(3)14(12)13/h1-2H,(H,12,13)/p-1. The fourth-order valence-corrected chi connectivity index (χ4v) is 1.55. The summed E-state index contributed by atoms with van der Waals surface area (Å²) in [5.41, 5.74) is -0.923. The summed E-state index contributed by atoms with van der Waals surface area (Å²) in [6, 6.07) is 1.16. The summed E-state index contributed by atoms with van der Waals surface area (Å²) >= 11 is 2.62. The molecule has 0 aliphatic rings. The van der Waals surface area contributed by atoms with Gasteiger partial charge in [-0.3, -0.25) is 14.3 Å². The third-order valence-corrected chi connectivity index (χ3v) is 2.50. The minimum Gasteiger partial charge on any atom is -0.768 e. The third-order valence-electron chi connectivity index (χ3n) is 1.38. The second-order valence-corrected chi connectivity index (χ2v) is 3.54. The molecule has 0 bridgehead atoms. The van der Waals surface area contributed by atoms with Crippen molar-refractivity contribution in [2.75, 3.05) is 0 Å². The maximum Gasteiger partial charge on any atom is 0.306 e. The Morgan fingerprint density at radius 2 is 2.07 bits per heavy atom. The van der Waals surface area contributed by atoms with Gasteiger partial charge in [0.05, 0.1) is 14.8 Å². The van der Waals surface area contributed by atoms with E-state index in [2.05, 4.69) is 0 Å². The molecule has 0 fully saturated rings. The van der Waals surface area contributed by atoms with Crippen molar-refractivity contribution in [1.29, 1.82) is 0 Å². The van der Waals surface area contributed by atoms with E-state index in [1.54, 1.807) is 0 Å². The number of nitro benzene ring substituents is 1. The normalized spacial score (nSPS) is 12.5. The zero-order valence-corrected chi connectivity index (χ0v) is 7.97. The minimum atomic E-state index is -2.73. The molecule has 0 saturated heterocycles. The molecule has 0 aromatic heterocycles. The summed E-state index contributed by atoms with van der Waals surface area (Å²) in [5, 5.41) is 9.84. The molecule has 0 aliphatic heterocycles. The van der Waals surface area contributed by atoms with Crippen LogP contribution in [0.2, 0.25) is 5.02 Å². The van der Waals surface area contributed by atoms with Gasteiger partial charge in [-0.2, -0.15) is 4.39 Å². The van der Waals surface area contributed by atoms with Gasteiger partial charge in [0.2, 0.25) is 5.82 Å². The lowest BCUT2D eigenvalue weighted by molar-refractivity contribution is -0.387. The van der Waals surface area contributed by atoms with Gasteiger partial charge in [0, 0.05) is 12.1 Å². The van der Waals surface area contributed by atoms with Gasteiger partial charge in [0.15, 0.2) is 0 Å². The van der Waals surface area contributed by atoms with Gasteiger partial charge in [-0.25, -0.2) is 0 Å². The van der Waals surface area contributed by atoms with Crippen LogP contribution in [-0.4, -0.2) is 13.7 Å². The maximum atomic E-state index is 12.8. The summed E-state index contributed by atoms with van der Waals surface area (Å²) in [5.74, 6) is -1.17. The summed E-state index contributed by atoms with van der Waals surface area (Å²) in [6.45, 7) is 0. The topological polar surface area (TPSA) is 83.3 Å². The first kappa shape index (κ1) is 11.0. The minimum absolute atomic E-state index is 0.388. The second kappa shape index (κ2) is 3.99. The van der Waals surface area contributed by atoms with Crippen molar-refractivity contribution in [3.8, 4) is 0 Å². The Morgan fingerprint density at radius 3 is 2.50 bits per heavy atom. The van der Waals surface area contributed by atoms with Crippen molar-refractivity contribution in [2.24, 2.45) is 0 Å². The van der Waals surface area contributed by atoms with Gasteiger partial charge in [-0.1, -0.05) is 11.6 Å². The van der Waals surface area contributed by atoms with Crippen LogP contribution in [0.1, 0.15) is 0 Å². The number of hydrogen-bond acceptors (Lipinski definition) is 4. The van der Waals surface area contributed by atoms with Gasteiger partial charge >= 0.3 is 5.69 Å². The smallest absolute Gasteiger partial charge is 0.306 e. The van der Waals surface area contributed by atoms with Crippen LogP contribution in [0, 0.1) is 15.9 Å². The van der Waals surface area contributed by atoms with Crippen LogP contribution in [0.15, 0.2) is 17.0 Å². The van der Waals surface area contributed by atoms with Crippen molar-refractivity contribution in [2.45, 2.75) is 4.90 Å². The molecule has 0 aliphatic carbocycles. The quantitative estimate of drug-likeness (QED) is 0.445. The van der Waals surface area contributed by atoms with E-state index in [0.29, 0.717) is 12.1 Å². The van der Waals surface area contributed by atoms with Crippen LogP contribution in [-0.2, 0) is 11.1 Å². The molecule has 0 radical (unpaired) electrons. The Morgan fingerprint density at radius 1 is 1.50 bits per heavy atom. The van der Waals surface area contributed by atoms with Gasteiger partial charge in [-0.05, 0) is 11.1 Å². The van der Waals surface area contributed by atoms with Crippen LogP contribution in [0.3, 0.4) is 0 Å². The van der Waals surface area contributed by atoms with Crippen molar-refractivity contribution in [1.82, 2.24) is 0 Å². The molecule has 1 aromatic carbocycles. The van der Waals surface area contributed by atoms with Crippen LogP contribution in [0.5, 0.6) is 0 Å². The molecule has 8 heteroatoms. The highest BCUT2D eigenvalue weighted by atomic mass is 35.5. The molecule has 0 heterocycles. The van der Waals surface area contributed by atoms with E-state index in [1.165, 1.54) is 0 Å². The fraction of sp³-hybridized carbons (Fsp3) is 0. The Bertz CT molecular complexity index is 389. The van der Waals surface area contributed by atoms with E-state index in [4.69, 9.17) is 11.6 Å². The molecule has 5 nitrogen and oxygen atoms in total. The van der Waals surface area contributed by atoms with Gasteiger partial charge in [-0.15, -0.1) is 0 Å². The summed E-state index contributed by atoms with van der Waals surface area (Å²) in [6.07, 6.45) is 0. The average molecular weight is 239 g/mol. The van der Waals surface area contributed by atoms with Crippen molar-refractivity contribution < 1.29 is 18.1 Å². The molecule has 76 valence electrons. The predicted molar refractivity (Wildman–Crippen MR) is 45.3 cm³/mol. The fourth-order valence-electron chi connectivity index (χ4n) is 0.786. The molecule has 1 aromatic rings. The number of nitro groups is 1. The Balaban J connectivity index is 3.42. The lowest BCUT2D eigenvalue weighted by atomic mass is 10.3. The molecule has 0 N–H and O–H groups in total. The highest BCUT2D eigenvalue weighted by molar-refractivity contribution is 7.79. The largest absolute Gasteiger partial charge is 0.768 e. The SMILES string of the molecule is O=[N+]([O-])c1cc(S(=O)[O-])c(Cl)cc1F. The first-order chi connectivity index (χ1) is 6.43. The molecule has 1 rings (SSSR count). The van der Waals surface area contributed by atoms with Gasteiger partial charge in [0.25, 0.3) is 0 Å². The molecule has 1 atom stereocenters. The van der Waals surface area contributed by atoms with Crippen molar-refractivity contribution >= 4 is 28.4 Å². The monoisotopic (exact) mass is 238 g/mol. The van der Waals surface area contributed by atoms with E-state index < -0.39 is 32.4 Å². The maximum absolute atomic E-state index is 12.8. The summed E-state index contributed by atoms with van der Waals surface area (Å²) in [7, 11) is 0. The zero-order valence-electron chi connectivity index (χ0n) is 6.40. The molecule has 0 amide bonds. The number of benzene rings is 1. The number of halogens is 2. The van der Waals surface area contributed by atoms with Crippen LogP contribution in [0.25, 0.3) is 0 Å². The first-order valence-corrected chi connectivity index (χ1v) is 4.61. The molecule has 1 unspecified atom stereocenters. The molecule has 0 saturated carbocycles. The average Bonchev–Trinajstić information content (AvgIpc) is 2.02. The van der Waals surface area contributed by atoms with Crippen molar-refractivity contribution in [3.63, 3.8) is 0 Å². The van der Waals surface area contributed by atoms with Crippen molar-refractivity contribution in [3.05, 3.63) is 33.1 Å². The predicted octanol–water partition coefficient (Wildman–Crippen LogP) is 1.63. The van der Waals surface area contributed by atoms with Crippen LogP contribution in [0.4, 0.5) is 10.1 Å². The zero-order chi connectivity index (χ0) is 10.9. The lowest BCUT2D eigenvalue weighted by Crippen LogP contribution is -1.97. The highest BCUT2D eigenvalue weighted by Gasteiger charge is 2.17. The van der Waals surface area contributed by atoms with Crippen LogP contribution >= 0.6 is 11.6 Å². The number of nitrogens with zero attached hydrogens (tertiary/aromatic N) is 1. The highest BCUT2D eigenvalue weighted by Crippen LogP contribution is 2.27. The van der Waals surface area contributed by atoms with E-state index in [-0.39, 0.29) is 5.02 Å². The first-order valence-electron chi connectivity index (χ1n) is 3.16. The van der Waals surface area contributed by atoms with E-state index in [9.17, 15) is 23.3 Å². The summed E-state index contributed by atoms with van der Waals surface area (Å²) in [4.78, 5) is 8.70. The molecular formula is C6H2ClFNO4S-. The van der Waals surface area contributed by atoms with E-state index in [0.717, 1.165) is 0 Å². The molecule has 0 spiro atoms. The van der Waals surface area contributed by atoms with E-state index >= 15 is 0 Å². The van der Waals surface area contributed by atoms with E-state index in [1.807, 2.05) is 0 Å². The lowest BCUT2D eigenvalue weighted by Gasteiger charge is -2.06. The Hall–Kier alpha value is -1.05. The van der Waals surface area contributed by atoms with Gasteiger partial charge < -0.3 is 4.55 Å². The molecule has 14 heavy (non-hydrogen) atoms. The van der Waals surface area contributed by atoms with Gasteiger partial charge in [0.1, 0.15) is 0 Å². The second-order valence-electron chi connectivity index (χ2n) is 2.23. The van der Waals surface area contributed by atoms with Crippen LogP contribution < -0.4 is 0 Å². The summed E-state index contributed by atoms with van der Waals surface area (Å²) < 4.78 is 33.8.